The molecule has 1 saturated heterocycles. The second-order valence-corrected chi connectivity index (χ2v) is 7.32. The van der Waals surface area contributed by atoms with Gasteiger partial charge in [-0.15, -0.1) is 0 Å². The van der Waals surface area contributed by atoms with Crippen molar-refractivity contribution < 1.29 is 14.3 Å². The molecular formula is C18H26N2O3. The fraction of sp³-hybridized carbons (Fsp3) is 0.611. The Bertz CT molecular complexity index is 580. The molecule has 0 aliphatic carbocycles. The summed E-state index contributed by atoms with van der Waals surface area (Å²) in [4.78, 5) is 14.0. The average molecular weight is 318 g/mol. The third-order valence-electron chi connectivity index (χ3n) is 4.14. The van der Waals surface area contributed by atoms with E-state index in [0.717, 1.165) is 31.7 Å². The maximum atomic E-state index is 12.2. The fourth-order valence-electron chi connectivity index (χ4n) is 3.11. The molecule has 2 heterocycles. The Labute approximate surface area is 137 Å². The second-order valence-electron chi connectivity index (χ2n) is 7.32. The van der Waals surface area contributed by atoms with Crippen molar-refractivity contribution in [3.63, 3.8) is 0 Å². The number of fused-ring (bicyclic) bond motifs is 1. The van der Waals surface area contributed by atoms with Crippen LogP contribution in [-0.2, 0) is 17.6 Å². The van der Waals surface area contributed by atoms with Gasteiger partial charge in [-0.3, -0.25) is 0 Å². The number of carbonyl (C=O) groups excluding carboxylic acids is 1. The Hall–Kier alpha value is -1.75. The van der Waals surface area contributed by atoms with Gasteiger partial charge in [-0.2, -0.15) is 0 Å². The van der Waals surface area contributed by atoms with Crippen LogP contribution in [0.1, 0.15) is 31.9 Å². The number of ether oxygens (including phenoxy) is 2. The molecule has 1 unspecified atom stereocenters. The van der Waals surface area contributed by atoms with Crippen LogP contribution < -0.4 is 10.1 Å². The summed E-state index contributed by atoms with van der Waals surface area (Å²) >= 11 is 0. The van der Waals surface area contributed by atoms with Crippen LogP contribution in [0.5, 0.6) is 5.75 Å². The first kappa shape index (κ1) is 16.1. The minimum Gasteiger partial charge on any atom is -0.493 e. The largest absolute Gasteiger partial charge is 0.493 e. The van der Waals surface area contributed by atoms with Gasteiger partial charge in [0.15, 0.2) is 0 Å². The number of nitrogens with one attached hydrogen (secondary N) is 1. The van der Waals surface area contributed by atoms with Gasteiger partial charge in [0, 0.05) is 32.1 Å². The molecule has 0 aromatic heterocycles. The lowest BCUT2D eigenvalue weighted by atomic mass is 10.0. The Morgan fingerprint density at radius 3 is 3.04 bits per heavy atom. The number of carbonyl (C=O) groups is 1. The standard InChI is InChI=1S/C18H26N2O3/c1-18(2,3)23-17(21)20-8-7-19-15(12-20)11-13-4-5-16-14(10-13)6-9-22-16/h4-5,10,15,19H,6-9,11-12H2,1-3H3. The van der Waals surface area contributed by atoms with Crippen LogP contribution in [-0.4, -0.2) is 48.9 Å². The SMILES string of the molecule is CC(C)(C)OC(=O)N1CCNC(Cc2ccc3c(c2)CCO3)C1. The molecule has 0 saturated carbocycles. The number of piperazine rings is 1. The molecule has 0 spiro atoms. The number of hydrogen-bond acceptors (Lipinski definition) is 4. The van der Waals surface area contributed by atoms with Crippen LogP contribution in [0, 0.1) is 0 Å². The van der Waals surface area contributed by atoms with Gasteiger partial charge in [0.1, 0.15) is 11.4 Å². The van der Waals surface area contributed by atoms with Gasteiger partial charge in [0.05, 0.1) is 6.61 Å². The molecule has 5 nitrogen and oxygen atoms in total. The van der Waals surface area contributed by atoms with Gasteiger partial charge in [0.2, 0.25) is 0 Å². The van der Waals surface area contributed by atoms with Gasteiger partial charge in [-0.25, -0.2) is 4.79 Å². The van der Waals surface area contributed by atoms with Gasteiger partial charge < -0.3 is 19.7 Å². The van der Waals surface area contributed by atoms with Crippen molar-refractivity contribution in [3.8, 4) is 5.75 Å². The first-order valence-corrected chi connectivity index (χ1v) is 8.37. The van der Waals surface area contributed by atoms with E-state index in [1.54, 1.807) is 0 Å². The number of amides is 1. The number of hydrogen-bond donors (Lipinski definition) is 1. The van der Waals surface area contributed by atoms with Crippen LogP contribution in [0.25, 0.3) is 0 Å². The van der Waals surface area contributed by atoms with E-state index >= 15 is 0 Å². The highest BCUT2D eigenvalue weighted by Gasteiger charge is 2.27. The van der Waals surface area contributed by atoms with E-state index in [1.807, 2.05) is 25.7 Å². The van der Waals surface area contributed by atoms with E-state index in [-0.39, 0.29) is 12.1 Å². The van der Waals surface area contributed by atoms with E-state index in [4.69, 9.17) is 9.47 Å². The van der Waals surface area contributed by atoms with Crippen molar-refractivity contribution in [1.82, 2.24) is 10.2 Å². The summed E-state index contributed by atoms with van der Waals surface area (Å²) in [5, 5.41) is 3.50. The Morgan fingerprint density at radius 2 is 2.26 bits per heavy atom. The van der Waals surface area contributed by atoms with Crippen LogP contribution in [0.15, 0.2) is 18.2 Å². The smallest absolute Gasteiger partial charge is 0.410 e. The summed E-state index contributed by atoms with van der Waals surface area (Å²) in [6, 6.07) is 6.68. The summed E-state index contributed by atoms with van der Waals surface area (Å²) in [5.41, 5.74) is 2.14. The number of benzene rings is 1. The molecule has 1 atom stereocenters. The maximum Gasteiger partial charge on any atom is 0.410 e. The van der Waals surface area contributed by atoms with Crippen molar-refractivity contribution in [1.29, 1.82) is 0 Å². The van der Waals surface area contributed by atoms with E-state index in [9.17, 15) is 4.79 Å². The molecule has 2 aliphatic rings. The molecule has 126 valence electrons. The summed E-state index contributed by atoms with van der Waals surface area (Å²) in [6.07, 6.45) is 1.68. The third-order valence-corrected chi connectivity index (χ3v) is 4.14. The van der Waals surface area contributed by atoms with Crippen molar-refractivity contribution in [2.45, 2.75) is 45.3 Å². The predicted octanol–water partition coefficient (Wildman–Crippen LogP) is 2.37. The van der Waals surface area contributed by atoms with Crippen LogP contribution >= 0.6 is 0 Å². The normalized spacial score (nSPS) is 20.8. The highest BCUT2D eigenvalue weighted by Crippen LogP contribution is 2.26. The lowest BCUT2D eigenvalue weighted by molar-refractivity contribution is 0.0195. The van der Waals surface area contributed by atoms with Crippen LogP contribution in [0.3, 0.4) is 0 Å². The first-order valence-electron chi connectivity index (χ1n) is 8.37. The van der Waals surface area contributed by atoms with Crippen molar-refractivity contribution in [2.75, 3.05) is 26.2 Å². The molecule has 5 heteroatoms. The molecule has 2 aliphatic heterocycles. The van der Waals surface area contributed by atoms with E-state index in [1.165, 1.54) is 11.1 Å². The minimum absolute atomic E-state index is 0.216. The van der Waals surface area contributed by atoms with Gasteiger partial charge in [-0.05, 0) is 44.4 Å². The minimum atomic E-state index is -0.447. The zero-order valence-corrected chi connectivity index (χ0v) is 14.2. The molecule has 23 heavy (non-hydrogen) atoms. The summed E-state index contributed by atoms with van der Waals surface area (Å²) < 4.78 is 11.0. The third kappa shape index (κ3) is 4.16. The first-order chi connectivity index (χ1) is 10.9. The predicted molar refractivity (Wildman–Crippen MR) is 88.9 cm³/mol. The second kappa shape index (κ2) is 6.40. The zero-order chi connectivity index (χ0) is 16.4. The van der Waals surface area contributed by atoms with Crippen molar-refractivity contribution in [2.24, 2.45) is 0 Å². The summed E-state index contributed by atoms with van der Waals surface area (Å²) in [5.74, 6) is 1.01. The number of rotatable bonds is 2. The summed E-state index contributed by atoms with van der Waals surface area (Å²) in [7, 11) is 0. The van der Waals surface area contributed by atoms with Crippen molar-refractivity contribution >= 4 is 6.09 Å². The fourth-order valence-corrected chi connectivity index (χ4v) is 3.11. The molecule has 1 fully saturated rings. The molecule has 0 bridgehead atoms. The molecule has 1 aromatic carbocycles. The highest BCUT2D eigenvalue weighted by atomic mass is 16.6. The molecule has 1 aromatic rings. The van der Waals surface area contributed by atoms with E-state index in [0.29, 0.717) is 13.1 Å². The molecule has 1 amide bonds. The van der Waals surface area contributed by atoms with E-state index in [2.05, 4.69) is 23.5 Å². The summed E-state index contributed by atoms with van der Waals surface area (Å²) in [6.45, 7) is 8.67. The zero-order valence-electron chi connectivity index (χ0n) is 14.2. The van der Waals surface area contributed by atoms with Crippen LogP contribution in [0.4, 0.5) is 4.79 Å². The lowest BCUT2D eigenvalue weighted by Gasteiger charge is -2.35. The van der Waals surface area contributed by atoms with Gasteiger partial charge in [0.25, 0.3) is 0 Å². The Balaban J connectivity index is 1.59. The van der Waals surface area contributed by atoms with Gasteiger partial charge in [-0.1, -0.05) is 12.1 Å². The van der Waals surface area contributed by atoms with Crippen molar-refractivity contribution in [3.05, 3.63) is 29.3 Å². The van der Waals surface area contributed by atoms with Crippen LogP contribution in [0.2, 0.25) is 0 Å². The maximum absolute atomic E-state index is 12.2. The van der Waals surface area contributed by atoms with E-state index < -0.39 is 5.60 Å². The Morgan fingerprint density at radius 1 is 1.43 bits per heavy atom. The Kier molecular flexibility index (Phi) is 4.48. The topological polar surface area (TPSA) is 50.8 Å². The monoisotopic (exact) mass is 318 g/mol. The highest BCUT2D eigenvalue weighted by molar-refractivity contribution is 5.68. The van der Waals surface area contributed by atoms with Gasteiger partial charge >= 0.3 is 6.09 Å². The average Bonchev–Trinajstić information content (AvgIpc) is 2.93. The molecule has 1 N–H and O–H groups in total. The molecule has 3 rings (SSSR count). The lowest BCUT2D eigenvalue weighted by Crippen LogP contribution is -2.54. The number of nitrogens with zero attached hydrogens (tertiary/aromatic N) is 1. The quantitative estimate of drug-likeness (QED) is 0.909. The molecule has 0 radical (unpaired) electrons. The molecular weight excluding hydrogens is 292 g/mol.